The van der Waals surface area contributed by atoms with Gasteiger partial charge in [0.25, 0.3) is 0 Å². The molecule has 0 fully saturated rings. The van der Waals surface area contributed by atoms with Crippen LogP contribution in [-0.4, -0.2) is 44.9 Å². The lowest BCUT2D eigenvalue weighted by Crippen LogP contribution is -2.37. The Bertz CT molecular complexity index is 217. The van der Waals surface area contributed by atoms with E-state index in [1.165, 1.54) is 0 Å². The number of alkyl carbamates (subject to hydrolysis) is 1. The van der Waals surface area contributed by atoms with Crippen LogP contribution in [0.25, 0.3) is 0 Å². The Labute approximate surface area is 97.2 Å². The summed E-state index contributed by atoms with van der Waals surface area (Å²) in [5, 5.41) is 2.11. The van der Waals surface area contributed by atoms with Gasteiger partial charge in [-0.05, 0) is 13.8 Å². The number of nitrogens with one attached hydrogen (secondary N) is 1. The lowest BCUT2D eigenvalue weighted by molar-refractivity contribution is -0.161. The molecule has 0 unspecified atom stereocenters. The Hall–Kier alpha value is -1.02. The van der Waals surface area contributed by atoms with E-state index in [9.17, 15) is 18.0 Å². The summed E-state index contributed by atoms with van der Waals surface area (Å²) in [6, 6.07) is 0. The van der Waals surface area contributed by atoms with E-state index < -0.39 is 25.2 Å². The van der Waals surface area contributed by atoms with Crippen molar-refractivity contribution >= 4 is 6.09 Å². The van der Waals surface area contributed by atoms with E-state index in [4.69, 9.17) is 9.47 Å². The SMILES string of the molecule is CCOC(CNC(=O)OCC(F)(F)F)OCC. The second-order valence-corrected chi connectivity index (χ2v) is 2.91. The maximum atomic E-state index is 11.7. The Morgan fingerprint density at radius 1 is 1.24 bits per heavy atom. The molecule has 0 saturated carbocycles. The number of alkyl halides is 3. The first-order valence-corrected chi connectivity index (χ1v) is 5.09. The number of carbonyl (C=O) groups excluding carboxylic acids is 1. The van der Waals surface area contributed by atoms with Crippen molar-refractivity contribution in [2.24, 2.45) is 0 Å². The highest BCUT2D eigenvalue weighted by Gasteiger charge is 2.29. The Morgan fingerprint density at radius 2 is 1.76 bits per heavy atom. The Kier molecular flexibility index (Phi) is 7.64. The number of halogens is 3. The van der Waals surface area contributed by atoms with Crippen molar-refractivity contribution in [3.63, 3.8) is 0 Å². The molecule has 0 aliphatic rings. The summed E-state index contributed by atoms with van der Waals surface area (Å²) in [6.07, 6.45) is -6.38. The first-order valence-electron chi connectivity index (χ1n) is 5.09. The third-order valence-corrected chi connectivity index (χ3v) is 1.49. The normalized spacial score (nSPS) is 11.6. The molecule has 8 heteroatoms. The number of rotatable bonds is 7. The number of ether oxygens (including phenoxy) is 3. The number of hydrogen-bond donors (Lipinski definition) is 1. The molecule has 0 radical (unpaired) electrons. The van der Waals surface area contributed by atoms with Crippen LogP contribution in [0.5, 0.6) is 0 Å². The third kappa shape index (κ3) is 9.88. The Morgan fingerprint density at radius 3 is 2.18 bits per heavy atom. The Balaban J connectivity index is 3.79. The molecule has 0 bridgehead atoms. The fraction of sp³-hybridized carbons (Fsp3) is 0.889. The van der Waals surface area contributed by atoms with Gasteiger partial charge in [0.2, 0.25) is 0 Å². The third-order valence-electron chi connectivity index (χ3n) is 1.49. The molecule has 0 atom stereocenters. The molecule has 1 amide bonds. The highest BCUT2D eigenvalue weighted by atomic mass is 19.4. The van der Waals surface area contributed by atoms with Gasteiger partial charge in [-0.2, -0.15) is 13.2 Å². The zero-order chi connectivity index (χ0) is 13.3. The predicted molar refractivity (Wildman–Crippen MR) is 52.4 cm³/mol. The largest absolute Gasteiger partial charge is 0.440 e. The van der Waals surface area contributed by atoms with E-state index in [-0.39, 0.29) is 6.54 Å². The van der Waals surface area contributed by atoms with Crippen LogP contribution in [0.3, 0.4) is 0 Å². The van der Waals surface area contributed by atoms with Crippen molar-refractivity contribution in [2.45, 2.75) is 26.3 Å². The van der Waals surface area contributed by atoms with Gasteiger partial charge < -0.3 is 19.5 Å². The van der Waals surface area contributed by atoms with Gasteiger partial charge in [0.05, 0.1) is 6.54 Å². The fourth-order valence-corrected chi connectivity index (χ4v) is 0.903. The molecule has 0 aromatic carbocycles. The first kappa shape index (κ1) is 16.0. The topological polar surface area (TPSA) is 56.8 Å². The van der Waals surface area contributed by atoms with Crippen molar-refractivity contribution < 1.29 is 32.2 Å². The molecule has 0 aromatic heterocycles. The molecule has 5 nitrogen and oxygen atoms in total. The lowest BCUT2D eigenvalue weighted by Gasteiger charge is -2.17. The zero-order valence-electron chi connectivity index (χ0n) is 9.67. The maximum Gasteiger partial charge on any atom is 0.422 e. The molecule has 0 heterocycles. The van der Waals surface area contributed by atoms with E-state index >= 15 is 0 Å². The minimum atomic E-state index is -4.53. The van der Waals surface area contributed by atoms with Crippen LogP contribution in [0, 0.1) is 0 Å². The molecule has 0 aliphatic heterocycles. The summed E-state index contributed by atoms with van der Waals surface area (Å²) in [4.78, 5) is 10.9. The quantitative estimate of drug-likeness (QED) is 0.707. The van der Waals surface area contributed by atoms with Crippen molar-refractivity contribution in [3.8, 4) is 0 Å². The van der Waals surface area contributed by atoms with E-state index in [1.807, 2.05) is 0 Å². The molecule has 0 spiro atoms. The van der Waals surface area contributed by atoms with Crippen LogP contribution in [-0.2, 0) is 14.2 Å². The molecule has 102 valence electrons. The second-order valence-electron chi connectivity index (χ2n) is 2.91. The molecular weight excluding hydrogens is 243 g/mol. The monoisotopic (exact) mass is 259 g/mol. The molecule has 17 heavy (non-hydrogen) atoms. The van der Waals surface area contributed by atoms with Crippen LogP contribution in [0.4, 0.5) is 18.0 Å². The second kappa shape index (κ2) is 8.13. The fourth-order valence-electron chi connectivity index (χ4n) is 0.903. The molecular formula is C9H16F3NO4. The molecule has 0 aliphatic carbocycles. The highest BCUT2D eigenvalue weighted by Crippen LogP contribution is 2.14. The van der Waals surface area contributed by atoms with Crippen molar-refractivity contribution in [1.82, 2.24) is 5.32 Å². The highest BCUT2D eigenvalue weighted by molar-refractivity contribution is 5.67. The summed E-state index contributed by atoms with van der Waals surface area (Å²) in [5.41, 5.74) is 0. The van der Waals surface area contributed by atoms with Crippen LogP contribution in [0.15, 0.2) is 0 Å². The van der Waals surface area contributed by atoms with Gasteiger partial charge in [0.15, 0.2) is 12.9 Å². The molecule has 1 N–H and O–H groups in total. The number of carbonyl (C=O) groups is 1. The van der Waals surface area contributed by atoms with Gasteiger partial charge in [-0.25, -0.2) is 4.79 Å². The number of amides is 1. The van der Waals surface area contributed by atoms with E-state index in [1.54, 1.807) is 13.8 Å². The average molecular weight is 259 g/mol. The van der Waals surface area contributed by atoms with Gasteiger partial charge in [0.1, 0.15) is 0 Å². The zero-order valence-corrected chi connectivity index (χ0v) is 9.67. The van der Waals surface area contributed by atoms with Crippen LogP contribution >= 0.6 is 0 Å². The first-order chi connectivity index (χ1) is 7.89. The van der Waals surface area contributed by atoms with Crippen molar-refractivity contribution in [1.29, 1.82) is 0 Å². The number of hydrogen-bond acceptors (Lipinski definition) is 4. The van der Waals surface area contributed by atoms with E-state index in [2.05, 4.69) is 10.1 Å². The summed E-state index contributed by atoms with van der Waals surface area (Å²) < 4.78 is 49.2. The lowest BCUT2D eigenvalue weighted by atomic mass is 10.6. The van der Waals surface area contributed by atoms with E-state index in [0.717, 1.165) is 0 Å². The maximum absolute atomic E-state index is 11.7. The van der Waals surface area contributed by atoms with Gasteiger partial charge in [0, 0.05) is 13.2 Å². The van der Waals surface area contributed by atoms with Gasteiger partial charge in [-0.3, -0.25) is 0 Å². The standard InChI is InChI=1S/C9H16F3NO4/c1-3-15-7(16-4-2)5-13-8(14)17-6-9(10,11)12/h7H,3-6H2,1-2H3,(H,13,14). The van der Waals surface area contributed by atoms with Gasteiger partial charge in [-0.1, -0.05) is 0 Å². The van der Waals surface area contributed by atoms with Crippen molar-refractivity contribution in [3.05, 3.63) is 0 Å². The summed E-state index contributed by atoms with van der Waals surface area (Å²) in [6.45, 7) is 2.50. The van der Waals surface area contributed by atoms with Gasteiger partial charge in [-0.15, -0.1) is 0 Å². The smallest absolute Gasteiger partial charge is 0.422 e. The van der Waals surface area contributed by atoms with Crippen LogP contribution < -0.4 is 5.32 Å². The van der Waals surface area contributed by atoms with Crippen LogP contribution in [0.1, 0.15) is 13.8 Å². The molecule has 0 rings (SSSR count). The summed E-state index contributed by atoms with van der Waals surface area (Å²) >= 11 is 0. The summed E-state index contributed by atoms with van der Waals surface area (Å²) in [5.74, 6) is 0. The van der Waals surface area contributed by atoms with Crippen molar-refractivity contribution in [2.75, 3.05) is 26.4 Å². The molecule has 0 aromatic rings. The minimum Gasteiger partial charge on any atom is -0.440 e. The minimum absolute atomic E-state index is 0.0711. The van der Waals surface area contributed by atoms with Gasteiger partial charge >= 0.3 is 12.3 Å². The summed E-state index contributed by atoms with van der Waals surface area (Å²) in [7, 11) is 0. The van der Waals surface area contributed by atoms with E-state index in [0.29, 0.717) is 13.2 Å². The molecule has 0 saturated heterocycles. The average Bonchev–Trinajstić information content (AvgIpc) is 2.23. The predicted octanol–water partition coefficient (Wildman–Crippen LogP) is 1.67. The van der Waals surface area contributed by atoms with Crippen LogP contribution in [0.2, 0.25) is 0 Å².